The van der Waals surface area contributed by atoms with Crippen molar-refractivity contribution in [2.24, 2.45) is 5.92 Å². The van der Waals surface area contributed by atoms with Gasteiger partial charge in [0.05, 0.1) is 6.10 Å². The van der Waals surface area contributed by atoms with Crippen LogP contribution in [0.4, 0.5) is 0 Å². The molecule has 0 rings (SSSR count). The largest absolute Gasteiger partial charge is 0.393 e. The smallest absolute Gasteiger partial charge is 0.0542 e. The highest BCUT2D eigenvalue weighted by Crippen LogP contribution is 2.15. The molecule has 1 unspecified atom stereocenters. The number of hydrogen-bond acceptors (Lipinski definition) is 1. The van der Waals surface area contributed by atoms with Crippen LogP contribution in [-0.2, 0) is 0 Å². The van der Waals surface area contributed by atoms with E-state index in [-0.39, 0.29) is 6.10 Å². The molecule has 1 N–H and O–H groups in total. The van der Waals surface area contributed by atoms with E-state index in [4.69, 9.17) is 0 Å². The fourth-order valence-electron chi connectivity index (χ4n) is 3.06. The van der Waals surface area contributed by atoms with E-state index in [2.05, 4.69) is 20.8 Å². The Hall–Kier alpha value is -0.0400. The summed E-state index contributed by atoms with van der Waals surface area (Å²) in [6.07, 6.45) is 20.1. The third-order valence-electron chi connectivity index (χ3n) is 4.38. The van der Waals surface area contributed by atoms with Gasteiger partial charge in [-0.25, -0.2) is 0 Å². The van der Waals surface area contributed by atoms with Crippen LogP contribution in [-0.4, -0.2) is 11.2 Å². The fourth-order valence-corrected chi connectivity index (χ4v) is 3.06. The minimum atomic E-state index is -0.0577. The molecule has 1 atom stereocenters. The maximum atomic E-state index is 9.80. The zero-order chi connectivity index (χ0) is 15.8. The number of hydrogen-bond donors (Lipinski definition) is 1. The lowest BCUT2D eigenvalue weighted by Crippen LogP contribution is -2.09. The summed E-state index contributed by atoms with van der Waals surface area (Å²) >= 11 is 0. The van der Waals surface area contributed by atoms with Crippen molar-refractivity contribution in [2.75, 3.05) is 0 Å². The van der Waals surface area contributed by atoms with Crippen molar-refractivity contribution in [1.29, 1.82) is 0 Å². The molecule has 0 saturated carbocycles. The molecule has 1 heteroatoms. The molecule has 0 saturated heterocycles. The summed E-state index contributed by atoms with van der Waals surface area (Å²) in [6.45, 7) is 6.66. The highest BCUT2D eigenvalue weighted by molar-refractivity contribution is 4.59. The summed E-state index contributed by atoms with van der Waals surface area (Å²) in [5, 5.41) is 9.80. The van der Waals surface area contributed by atoms with Gasteiger partial charge in [-0.05, 0) is 18.8 Å². The average Bonchev–Trinajstić information content (AvgIpc) is 2.43. The van der Waals surface area contributed by atoms with Gasteiger partial charge in [0, 0.05) is 0 Å². The highest BCUT2D eigenvalue weighted by atomic mass is 16.3. The van der Waals surface area contributed by atoms with Crippen LogP contribution in [0.15, 0.2) is 0 Å². The molecule has 0 heterocycles. The van der Waals surface area contributed by atoms with E-state index >= 15 is 0 Å². The molecule has 0 amide bonds. The molecule has 0 aliphatic carbocycles. The van der Waals surface area contributed by atoms with Gasteiger partial charge in [-0.1, -0.05) is 104 Å². The van der Waals surface area contributed by atoms with Gasteiger partial charge < -0.3 is 5.11 Å². The number of rotatable bonds is 16. The zero-order valence-corrected chi connectivity index (χ0v) is 15.2. The van der Waals surface area contributed by atoms with Gasteiger partial charge in [-0.15, -0.1) is 0 Å². The number of unbranched alkanes of at least 4 members (excludes halogenated alkanes) is 12. The van der Waals surface area contributed by atoms with Crippen molar-refractivity contribution in [3.05, 3.63) is 0 Å². The summed E-state index contributed by atoms with van der Waals surface area (Å²) in [5.74, 6) is 0.627. The normalized spacial score (nSPS) is 13.0. The molecule has 1 nitrogen and oxygen atoms in total. The fraction of sp³-hybridized carbons (Fsp3) is 1.00. The lowest BCUT2D eigenvalue weighted by atomic mass is 10.00. The van der Waals surface area contributed by atoms with Gasteiger partial charge >= 0.3 is 0 Å². The highest BCUT2D eigenvalue weighted by Gasteiger charge is 2.05. The Labute approximate surface area is 134 Å². The quantitative estimate of drug-likeness (QED) is 0.308. The lowest BCUT2D eigenvalue weighted by Gasteiger charge is -2.12. The maximum absolute atomic E-state index is 9.80. The molecule has 0 aliphatic rings. The van der Waals surface area contributed by atoms with E-state index in [1.807, 2.05) is 0 Å². The Morgan fingerprint density at radius 2 is 1.00 bits per heavy atom. The second-order valence-corrected chi connectivity index (χ2v) is 7.31. The van der Waals surface area contributed by atoms with Crippen molar-refractivity contribution in [3.63, 3.8) is 0 Å². The second kappa shape index (κ2) is 16.3. The first-order valence-electron chi connectivity index (χ1n) is 9.84. The summed E-state index contributed by atoms with van der Waals surface area (Å²) in [5.41, 5.74) is 0. The van der Waals surface area contributed by atoms with Gasteiger partial charge in [-0.2, -0.15) is 0 Å². The summed E-state index contributed by atoms with van der Waals surface area (Å²) in [4.78, 5) is 0. The first kappa shape index (κ1) is 21.0. The van der Waals surface area contributed by atoms with Gasteiger partial charge in [0.2, 0.25) is 0 Å². The minimum Gasteiger partial charge on any atom is -0.393 e. The predicted molar refractivity (Wildman–Crippen MR) is 95.8 cm³/mol. The van der Waals surface area contributed by atoms with Crippen molar-refractivity contribution >= 4 is 0 Å². The van der Waals surface area contributed by atoms with Gasteiger partial charge in [0.25, 0.3) is 0 Å². The molecule has 0 aromatic heterocycles. The van der Waals surface area contributed by atoms with E-state index in [0.717, 1.165) is 12.8 Å². The van der Waals surface area contributed by atoms with Gasteiger partial charge in [-0.3, -0.25) is 0 Å². The van der Waals surface area contributed by atoms with Crippen LogP contribution < -0.4 is 0 Å². The monoisotopic (exact) mass is 298 g/mol. The third kappa shape index (κ3) is 17.9. The SMILES string of the molecule is CCCCCCCCCCCCCCCC(O)CC(C)C. The van der Waals surface area contributed by atoms with Gasteiger partial charge in [0.15, 0.2) is 0 Å². The number of aliphatic hydroxyl groups excluding tert-OH is 1. The third-order valence-corrected chi connectivity index (χ3v) is 4.38. The first-order valence-corrected chi connectivity index (χ1v) is 9.84. The molecule has 0 fully saturated rings. The van der Waals surface area contributed by atoms with E-state index in [9.17, 15) is 5.11 Å². The van der Waals surface area contributed by atoms with E-state index in [0.29, 0.717) is 5.92 Å². The van der Waals surface area contributed by atoms with E-state index in [1.54, 1.807) is 0 Å². The van der Waals surface area contributed by atoms with E-state index in [1.165, 1.54) is 83.5 Å². The molecular formula is C20H42O. The van der Waals surface area contributed by atoms with Crippen LogP contribution in [0.2, 0.25) is 0 Å². The van der Waals surface area contributed by atoms with Gasteiger partial charge in [0.1, 0.15) is 0 Å². The Kier molecular flexibility index (Phi) is 16.3. The standard InChI is InChI=1S/C20H42O/c1-4-5-6-7-8-9-10-11-12-13-14-15-16-17-20(21)18-19(2)3/h19-21H,4-18H2,1-3H3. The number of aliphatic hydroxyl groups is 1. The van der Waals surface area contributed by atoms with Crippen LogP contribution in [0.25, 0.3) is 0 Å². The zero-order valence-electron chi connectivity index (χ0n) is 15.2. The minimum absolute atomic E-state index is 0.0577. The molecule has 0 spiro atoms. The first-order chi connectivity index (χ1) is 10.2. The van der Waals surface area contributed by atoms with Crippen LogP contribution in [0.5, 0.6) is 0 Å². The van der Waals surface area contributed by atoms with Crippen LogP contribution >= 0.6 is 0 Å². The molecule has 0 aliphatic heterocycles. The molecule has 0 aromatic carbocycles. The average molecular weight is 299 g/mol. The molecule has 0 aromatic rings. The summed E-state index contributed by atoms with van der Waals surface area (Å²) in [6, 6.07) is 0. The van der Waals surface area contributed by atoms with Crippen molar-refractivity contribution in [1.82, 2.24) is 0 Å². The van der Waals surface area contributed by atoms with Crippen LogP contribution in [0.3, 0.4) is 0 Å². The Bertz CT molecular complexity index is 188. The Morgan fingerprint density at radius 3 is 1.38 bits per heavy atom. The Balaban J connectivity index is 3.05. The van der Waals surface area contributed by atoms with Crippen molar-refractivity contribution < 1.29 is 5.11 Å². The summed E-state index contributed by atoms with van der Waals surface area (Å²) in [7, 11) is 0. The molecule has 21 heavy (non-hydrogen) atoms. The maximum Gasteiger partial charge on any atom is 0.0542 e. The summed E-state index contributed by atoms with van der Waals surface area (Å²) < 4.78 is 0. The molecule has 0 bridgehead atoms. The predicted octanol–water partition coefficient (Wildman–Crippen LogP) is 6.87. The van der Waals surface area contributed by atoms with Crippen LogP contribution in [0, 0.1) is 5.92 Å². The Morgan fingerprint density at radius 1 is 0.619 bits per heavy atom. The van der Waals surface area contributed by atoms with Crippen molar-refractivity contribution in [3.8, 4) is 0 Å². The molecular weight excluding hydrogens is 256 g/mol. The van der Waals surface area contributed by atoms with E-state index < -0.39 is 0 Å². The van der Waals surface area contributed by atoms with Crippen molar-refractivity contribution in [2.45, 2.75) is 123 Å². The lowest BCUT2D eigenvalue weighted by molar-refractivity contribution is 0.136. The van der Waals surface area contributed by atoms with Crippen LogP contribution in [0.1, 0.15) is 117 Å². The molecule has 0 radical (unpaired) electrons. The topological polar surface area (TPSA) is 20.2 Å². The molecule has 128 valence electrons. The second-order valence-electron chi connectivity index (χ2n) is 7.31.